The largest absolute Gasteiger partial charge is 0.460 e. The molecule has 0 bridgehead atoms. The van der Waals surface area contributed by atoms with Crippen LogP contribution in [0.5, 0.6) is 0 Å². The minimum absolute atomic E-state index is 0.680. The molecule has 0 aliphatic carbocycles. The Morgan fingerprint density at radius 2 is 1.11 bits per heavy atom. The maximum atomic E-state index is 6.17. The van der Waals surface area contributed by atoms with Gasteiger partial charge in [0.25, 0.3) is 0 Å². The summed E-state index contributed by atoms with van der Waals surface area (Å²) in [5.41, 5.74) is 0. The molecule has 3 heteroatoms. The Balaban J connectivity index is 2.02. The summed E-state index contributed by atoms with van der Waals surface area (Å²) in [4.78, 5) is 0. The number of allylic oxidation sites excluding steroid dienone is 1. The van der Waals surface area contributed by atoms with Gasteiger partial charge < -0.3 is 9.47 Å². The zero-order valence-electron chi connectivity index (χ0n) is 16.2. The van der Waals surface area contributed by atoms with E-state index in [1.165, 1.54) is 15.9 Å². The molecule has 1 aliphatic heterocycles. The summed E-state index contributed by atoms with van der Waals surface area (Å²) >= 11 is 0. The van der Waals surface area contributed by atoms with Crippen LogP contribution < -0.4 is 15.9 Å². The average Bonchev–Trinajstić information content (AvgIpc) is 2.73. The van der Waals surface area contributed by atoms with Gasteiger partial charge in [-0.05, 0) is 36.4 Å². The minimum atomic E-state index is -2.07. The lowest BCUT2D eigenvalue weighted by molar-refractivity contribution is -0.160. The van der Waals surface area contributed by atoms with Gasteiger partial charge in [0.05, 0.1) is 6.26 Å². The van der Waals surface area contributed by atoms with Gasteiger partial charge in [0.15, 0.2) is 5.76 Å². The summed E-state index contributed by atoms with van der Waals surface area (Å²) in [5, 5.41) is 3.88. The van der Waals surface area contributed by atoms with E-state index in [2.05, 4.69) is 96.8 Å². The molecule has 0 unspecified atom stereocenters. The smallest absolute Gasteiger partial charge is 0.245 e. The number of rotatable bonds is 4. The third-order valence-electron chi connectivity index (χ3n) is 4.76. The van der Waals surface area contributed by atoms with Crippen molar-refractivity contribution >= 4 is 23.2 Å². The van der Waals surface area contributed by atoms with Gasteiger partial charge in [-0.1, -0.05) is 54.6 Å². The lowest BCUT2D eigenvalue weighted by Crippen LogP contribution is -2.32. The van der Waals surface area contributed by atoms with E-state index in [4.69, 9.17) is 9.47 Å². The number of benzene rings is 3. The maximum Gasteiger partial charge on any atom is 0.245 e. The Bertz CT molecular complexity index is 880. The first-order chi connectivity index (χ1) is 13.6. The summed E-state index contributed by atoms with van der Waals surface area (Å²) < 4.78 is 11.8. The van der Waals surface area contributed by atoms with Gasteiger partial charge in [-0.25, -0.2) is 0 Å². The standard InChI is InChI=1S/C25H24O2P/c1-25(2)26-19-18-21(27-25)20-28(22-12-6-3-7-13-22,23-14-8-4-9-15-23)24-16-10-5-11-17-24/h3-20H,1-2H3/q+1. The molecule has 0 radical (unpaired) electrons. The monoisotopic (exact) mass is 387 g/mol. The SMILES string of the molecule is CC1(C)OC=CC(=C[P+](c2ccccc2)(c2ccccc2)c2ccccc2)O1. The van der Waals surface area contributed by atoms with Crippen LogP contribution in [0.3, 0.4) is 0 Å². The highest BCUT2D eigenvalue weighted by molar-refractivity contribution is 7.98. The van der Waals surface area contributed by atoms with Gasteiger partial charge >= 0.3 is 0 Å². The van der Waals surface area contributed by atoms with Gasteiger partial charge in [-0.3, -0.25) is 0 Å². The van der Waals surface area contributed by atoms with Crippen LogP contribution >= 0.6 is 7.26 Å². The van der Waals surface area contributed by atoms with Crippen LogP contribution in [0.1, 0.15) is 13.8 Å². The van der Waals surface area contributed by atoms with E-state index in [9.17, 15) is 0 Å². The summed E-state index contributed by atoms with van der Waals surface area (Å²) in [6, 6.07) is 32.2. The Labute approximate surface area is 167 Å². The van der Waals surface area contributed by atoms with Crippen LogP contribution in [0.2, 0.25) is 0 Å². The van der Waals surface area contributed by atoms with Crippen molar-refractivity contribution in [3.8, 4) is 0 Å². The van der Waals surface area contributed by atoms with E-state index < -0.39 is 13.0 Å². The van der Waals surface area contributed by atoms with Gasteiger partial charge in [0, 0.05) is 19.9 Å². The molecule has 0 N–H and O–H groups in total. The van der Waals surface area contributed by atoms with Gasteiger partial charge in [0.2, 0.25) is 5.79 Å². The molecular weight excluding hydrogens is 363 g/mol. The van der Waals surface area contributed by atoms with E-state index in [1.807, 2.05) is 19.9 Å². The highest BCUT2D eigenvalue weighted by Crippen LogP contribution is 2.58. The normalized spacial score (nSPS) is 17.0. The molecule has 3 aromatic rings. The predicted octanol–water partition coefficient (Wildman–Crippen LogP) is 5.12. The van der Waals surface area contributed by atoms with Crippen molar-refractivity contribution in [1.29, 1.82) is 0 Å². The molecule has 0 atom stereocenters. The molecule has 1 heterocycles. The number of hydrogen-bond donors (Lipinski definition) is 0. The molecule has 140 valence electrons. The second-order valence-electron chi connectivity index (χ2n) is 7.18. The van der Waals surface area contributed by atoms with Crippen molar-refractivity contribution < 1.29 is 9.47 Å². The molecule has 0 amide bonds. The molecule has 1 aliphatic rings. The molecule has 28 heavy (non-hydrogen) atoms. The topological polar surface area (TPSA) is 18.5 Å². The predicted molar refractivity (Wildman–Crippen MR) is 119 cm³/mol. The van der Waals surface area contributed by atoms with Gasteiger partial charge in [0.1, 0.15) is 29.0 Å². The van der Waals surface area contributed by atoms with Crippen molar-refractivity contribution in [2.45, 2.75) is 19.6 Å². The second kappa shape index (κ2) is 7.66. The van der Waals surface area contributed by atoms with Crippen LogP contribution in [-0.2, 0) is 9.47 Å². The van der Waals surface area contributed by atoms with Crippen LogP contribution in [0.25, 0.3) is 0 Å². The molecule has 3 aromatic carbocycles. The fourth-order valence-corrected chi connectivity index (χ4v) is 7.32. The Hall–Kier alpha value is -2.83. The first-order valence-electron chi connectivity index (χ1n) is 9.42. The van der Waals surface area contributed by atoms with E-state index >= 15 is 0 Å². The lowest BCUT2D eigenvalue weighted by atomic mass is 10.3. The minimum Gasteiger partial charge on any atom is -0.460 e. The average molecular weight is 387 g/mol. The Kier molecular flexibility index (Phi) is 5.07. The first kappa shape index (κ1) is 18.5. The molecule has 0 fully saturated rings. The quantitative estimate of drug-likeness (QED) is 0.579. The van der Waals surface area contributed by atoms with Gasteiger partial charge in [-0.2, -0.15) is 0 Å². The van der Waals surface area contributed by atoms with Crippen LogP contribution in [0, 0.1) is 0 Å². The summed E-state index contributed by atoms with van der Waals surface area (Å²) in [5.74, 6) is 2.47. The Morgan fingerprint density at radius 3 is 1.50 bits per heavy atom. The molecule has 0 aromatic heterocycles. The van der Waals surface area contributed by atoms with Gasteiger partial charge in [-0.15, -0.1) is 0 Å². The van der Waals surface area contributed by atoms with E-state index in [1.54, 1.807) is 6.26 Å². The van der Waals surface area contributed by atoms with E-state index in [0.29, 0.717) is 0 Å². The first-order valence-corrected chi connectivity index (χ1v) is 11.3. The van der Waals surface area contributed by atoms with E-state index in [0.717, 1.165) is 5.76 Å². The lowest BCUT2D eigenvalue weighted by Gasteiger charge is -2.31. The molecular formula is C25H24O2P+. The highest BCUT2D eigenvalue weighted by Gasteiger charge is 2.45. The van der Waals surface area contributed by atoms with Crippen molar-refractivity contribution in [2.75, 3.05) is 0 Å². The number of hydrogen-bond acceptors (Lipinski definition) is 2. The van der Waals surface area contributed by atoms with Crippen LogP contribution in [0.4, 0.5) is 0 Å². The zero-order chi connectivity index (χ0) is 19.5. The van der Waals surface area contributed by atoms with Crippen LogP contribution in [0.15, 0.2) is 115 Å². The fraction of sp³-hybridized carbons (Fsp3) is 0.120. The molecule has 0 saturated carbocycles. The van der Waals surface area contributed by atoms with Crippen molar-refractivity contribution in [3.05, 3.63) is 115 Å². The molecule has 2 nitrogen and oxygen atoms in total. The Morgan fingerprint density at radius 1 is 0.679 bits per heavy atom. The van der Waals surface area contributed by atoms with Crippen molar-refractivity contribution in [1.82, 2.24) is 0 Å². The highest BCUT2D eigenvalue weighted by atomic mass is 31.2. The number of ether oxygens (including phenoxy) is 2. The van der Waals surface area contributed by atoms with Crippen molar-refractivity contribution in [2.24, 2.45) is 0 Å². The van der Waals surface area contributed by atoms with Crippen molar-refractivity contribution in [3.63, 3.8) is 0 Å². The van der Waals surface area contributed by atoms with Crippen LogP contribution in [-0.4, -0.2) is 5.79 Å². The third-order valence-corrected chi connectivity index (χ3v) is 8.74. The third kappa shape index (κ3) is 3.61. The zero-order valence-corrected chi connectivity index (χ0v) is 17.1. The fourth-order valence-electron chi connectivity index (χ4n) is 3.53. The maximum absolute atomic E-state index is 6.17. The molecule has 4 rings (SSSR count). The second-order valence-corrected chi connectivity index (χ2v) is 10.4. The van der Waals surface area contributed by atoms with E-state index in [-0.39, 0.29) is 0 Å². The summed E-state index contributed by atoms with van der Waals surface area (Å²) in [6.45, 7) is 3.86. The molecule has 0 spiro atoms. The summed E-state index contributed by atoms with van der Waals surface area (Å²) in [7, 11) is -2.07. The summed E-state index contributed by atoms with van der Waals surface area (Å²) in [6.07, 6.45) is 3.64. The molecule has 0 saturated heterocycles.